The minimum Gasteiger partial charge on any atom is -0.367 e. The van der Waals surface area contributed by atoms with E-state index in [1.54, 1.807) is 4.52 Å². The highest BCUT2D eigenvalue weighted by atomic mass is 35.5. The number of nitrogens with one attached hydrogen (secondary N) is 1. The van der Waals surface area contributed by atoms with E-state index in [0.29, 0.717) is 17.0 Å². The van der Waals surface area contributed by atoms with Crippen LogP contribution in [0.5, 0.6) is 0 Å². The van der Waals surface area contributed by atoms with Crippen molar-refractivity contribution in [3.05, 3.63) is 17.0 Å². The van der Waals surface area contributed by atoms with Gasteiger partial charge in [0.05, 0.1) is 0 Å². The third-order valence-corrected chi connectivity index (χ3v) is 4.03. The number of halogens is 1. The molecule has 1 aliphatic heterocycles. The van der Waals surface area contributed by atoms with E-state index in [9.17, 15) is 0 Å². The first-order valence-corrected chi connectivity index (χ1v) is 6.84. The summed E-state index contributed by atoms with van der Waals surface area (Å²) in [5.74, 6) is 1.44. The van der Waals surface area contributed by atoms with Crippen LogP contribution >= 0.6 is 11.6 Å². The first-order chi connectivity index (χ1) is 9.15. The number of likely N-dealkylation sites (tertiary alicyclic amines) is 1. The molecule has 0 atom stereocenters. The van der Waals surface area contributed by atoms with E-state index in [1.165, 1.54) is 6.33 Å². The first kappa shape index (κ1) is 12.6. The molecule has 2 aromatic rings. The first-order valence-electron chi connectivity index (χ1n) is 6.46. The predicted octanol–water partition coefficient (Wildman–Crippen LogP) is 1.59. The molecule has 0 saturated carbocycles. The molecule has 7 heteroatoms. The molecule has 6 nitrogen and oxygen atoms in total. The molecule has 0 amide bonds. The maximum atomic E-state index is 6.15. The molecule has 1 fully saturated rings. The Labute approximate surface area is 116 Å². The molecule has 19 heavy (non-hydrogen) atoms. The van der Waals surface area contributed by atoms with Crippen LogP contribution in [0.3, 0.4) is 0 Å². The van der Waals surface area contributed by atoms with Gasteiger partial charge in [0.2, 0.25) is 0 Å². The number of hydrogen-bond donors (Lipinski definition) is 1. The van der Waals surface area contributed by atoms with Crippen molar-refractivity contribution in [3.63, 3.8) is 0 Å². The van der Waals surface area contributed by atoms with Crippen molar-refractivity contribution in [2.45, 2.75) is 25.8 Å². The Morgan fingerprint density at radius 1 is 1.37 bits per heavy atom. The Morgan fingerprint density at radius 3 is 2.84 bits per heavy atom. The van der Waals surface area contributed by atoms with E-state index >= 15 is 0 Å². The van der Waals surface area contributed by atoms with Crippen LogP contribution in [0.25, 0.3) is 5.78 Å². The molecule has 0 aromatic carbocycles. The highest BCUT2D eigenvalue weighted by Crippen LogP contribution is 2.24. The molecule has 0 spiro atoms. The molecule has 102 valence electrons. The zero-order chi connectivity index (χ0) is 13.4. The lowest BCUT2D eigenvalue weighted by Crippen LogP contribution is -2.37. The zero-order valence-electron chi connectivity index (χ0n) is 11.1. The lowest BCUT2D eigenvalue weighted by molar-refractivity contribution is 0.263. The Morgan fingerprint density at radius 2 is 2.11 bits per heavy atom. The fraction of sp³-hybridized carbons (Fsp3) is 0.583. The number of anilines is 1. The van der Waals surface area contributed by atoms with Crippen LogP contribution in [-0.4, -0.2) is 50.7 Å². The molecule has 3 rings (SSSR count). The number of nitrogens with zero attached hydrogens (tertiary/aromatic N) is 5. The van der Waals surface area contributed by atoms with E-state index in [2.05, 4.69) is 32.3 Å². The second-order valence-corrected chi connectivity index (χ2v) is 5.43. The lowest BCUT2D eigenvalue weighted by Gasteiger charge is -2.30. The van der Waals surface area contributed by atoms with Gasteiger partial charge < -0.3 is 10.2 Å². The lowest BCUT2D eigenvalue weighted by atomic mass is 10.1. The monoisotopic (exact) mass is 280 g/mol. The van der Waals surface area contributed by atoms with Gasteiger partial charge in [0.25, 0.3) is 5.78 Å². The molecule has 0 aliphatic carbocycles. The van der Waals surface area contributed by atoms with Crippen molar-refractivity contribution < 1.29 is 0 Å². The Balaban J connectivity index is 1.91. The average molecular weight is 281 g/mol. The van der Waals surface area contributed by atoms with Crippen LogP contribution < -0.4 is 5.32 Å². The molecular formula is C12H17ClN6. The van der Waals surface area contributed by atoms with Gasteiger partial charge in [0.15, 0.2) is 0 Å². The van der Waals surface area contributed by atoms with Crippen LogP contribution in [0.4, 0.5) is 5.82 Å². The van der Waals surface area contributed by atoms with Gasteiger partial charge in [0, 0.05) is 11.6 Å². The molecule has 0 radical (unpaired) electrons. The minimum absolute atomic E-state index is 0.445. The molecule has 0 bridgehead atoms. The van der Waals surface area contributed by atoms with Crippen LogP contribution in [0.1, 0.15) is 18.4 Å². The maximum absolute atomic E-state index is 6.15. The topological polar surface area (TPSA) is 58.4 Å². The van der Waals surface area contributed by atoms with Crippen molar-refractivity contribution in [2.75, 3.05) is 25.5 Å². The molecule has 1 aliphatic rings. The number of hydrogen-bond acceptors (Lipinski definition) is 5. The summed E-state index contributed by atoms with van der Waals surface area (Å²) in [6.45, 7) is 4.17. The number of fused-ring (bicyclic) bond motifs is 1. The van der Waals surface area contributed by atoms with E-state index in [0.717, 1.165) is 37.3 Å². The summed E-state index contributed by atoms with van der Waals surface area (Å²) < 4.78 is 1.72. The summed E-state index contributed by atoms with van der Waals surface area (Å²) in [7, 11) is 2.15. The SMILES string of the molecule is Cc1c(Cl)nc2ncnn2c1NC1CCN(C)CC1. The zero-order valence-corrected chi connectivity index (χ0v) is 11.9. The van der Waals surface area contributed by atoms with Gasteiger partial charge in [-0.2, -0.15) is 19.6 Å². The highest BCUT2D eigenvalue weighted by Gasteiger charge is 2.20. The van der Waals surface area contributed by atoms with Gasteiger partial charge >= 0.3 is 0 Å². The Hall–Kier alpha value is -1.40. The minimum atomic E-state index is 0.445. The van der Waals surface area contributed by atoms with Gasteiger partial charge in [-0.15, -0.1) is 0 Å². The van der Waals surface area contributed by atoms with Crippen molar-refractivity contribution in [1.82, 2.24) is 24.5 Å². The normalized spacial score (nSPS) is 18.1. The van der Waals surface area contributed by atoms with Crippen molar-refractivity contribution in [2.24, 2.45) is 0 Å². The van der Waals surface area contributed by atoms with Gasteiger partial charge in [-0.3, -0.25) is 0 Å². The van der Waals surface area contributed by atoms with Gasteiger partial charge in [-0.05, 0) is 39.9 Å². The molecular weight excluding hydrogens is 264 g/mol. The Bertz CT molecular complexity index is 587. The second kappa shape index (κ2) is 4.94. The Kier molecular flexibility index (Phi) is 3.28. The third kappa shape index (κ3) is 2.37. The fourth-order valence-electron chi connectivity index (χ4n) is 2.41. The van der Waals surface area contributed by atoms with Crippen molar-refractivity contribution in [1.29, 1.82) is 0 Å². The maximum Gasteiger partial charge on any atom is 0.255 e. The summed E-state index contributed by atoms with van der Waals surface area (Å²) in [6, 6.07) is 0.445. The molecule has 2 aromatic heterocycles. The summed E-state index contributed by atoms with van der Waals surface area (Å²) >= 11 is 6.15. The number of rotatable bonds is 2. The van der Waals surface area contributed by atoms with Crippen LogP contribution in [0, 0.1) is 6.92 Å². The fourth-order valence-corrected chi connectivity index (χ4v) is 2.58. The van der Waals surface area contributed by atoms with Crippen molar-refractivity contribution in [3.8, 4) is 0 Å². The second-order valence-electron chi connectivity index (χ2n) is 5.07. The van der Waals surface area contributed by atoms with E-state index in [1.807, 2.05) is 6.92 Å². The van der Waals surface area contributed by atoms with Crippen LogP contribution in [0.2, 0.25) is 5.15 Å². The average Bonchev–Trinajstić information content (AvgIpc) is 2.85. The third-order valence-electron chi connectivity index (χ3n) is 3.66. The summed E-state index contributed by atoms with van der Waals surface area (Å²) in [5, 5.41) is 8.24. The standard InChI is InChI=1S/C12H17ClN6/c1-8-10(13)17-12-14-7-15-19(12)11(8)16-9-3-5-18(2)6-4-9/h7,9,16H,3-6H2,1-2H3. The van der Waals surface area contributed by atoms with E-state index < -0.39 is 0 Å². The molecule has 1 N–H and O–H groups in total. The summed E-state index contributed by atoms with van der Waals surface area (Å²) in [4.78, 5) is 10.6. The van der Waals surface area contributed by atoms with Crippen LogP contribution in [-0.2, 0) is 0 Å². The largest absolute Gasteiger partial charge is 0.367 e. The van der Waals surface area contributed by atoms with E-state index in [4.69, 9.17) is 11.6 Å². The van der Waals surface area contributed by atoms with Gasteiger partial charge in [0.1, 0.15) is 17.3 Å². The summed E-state index contributed by atoms with van der Waals surface area (Å²) in [6.07, 6.45) is 3.73. The molecule has 3 heterocycles. The number of aromatic nitrogens is 4. The predicted molar refractivity (Wildman–Crippen MR) is 74.7 cm³/mol. The highest BCUT2D eigenvalue weighted by molar-refractivity contribution is 6.30. The molecule has 0 unspecified atom stereocenters. The smallest absolute Gasteiger partial charge is 0.255 e. The quantitative estimate of drug-likeness (QED) is 0.847. The van der Waals surface area contributed by atoms with Crippen LogP contribution in [0.15, 0.2) is 6.33 Å². The summed E-state index contributed by atoms with van der Waals surface area (Å²) in [5.41, 5.74) is 0.915. The van der Waals surface area contributed by atoms with Gasteiger partial charge in [-0.1, -0.05) is 11.6 Å². The van der Waals surface area contributed by atoms with Crippen molar-refractivity contribution >= 4 is 23.2 Å². The number of piperidine rings is 1. The van der Waals surface area contributed by atoms with E-state index in [-0.39, 0.29) is 0 Å². The van der Waals surface area contributed by atoms with Gasteiger partial charge in [-0.25, -0.2) is 0 Å². The molecule has 1 saturated heterocycles.